The van der Waals surface area contributed by atoms with E-state index >= 15 is 0 Å². The van der Waals surface area contributed by atoms with Gasteiger partial charge in [-0.1, -0.05) is 36.4 Å². The van der Waals surface area contributed by atoms with E-state index in [0.717, 1.165) is 11.3 Å². The summed E-state index contributed by atoms with van der Waals surface area (Å²) in [6, 6.07) is 19.1. The molecular weight excluding hydrogens is 210 g/mol. The van der Waals surface area contributed by atoms with Gasteiger partial charge in [0.25, 0.3) is 5.91 Å². The lowest BCUT2D eigenvalue weighted by Crippen LogP contribution is -2.30. The number of amides is 1. The van der Waals surface area contributed by atoms with Gasteiger partial charge in [0.15, 0.2) is 0 Å². The van der Waals surface area contributed by atoms with Gasteiger partial charge < -0.3 is 4.90 Å². The minimum absolute atomic E-state index is 0.0410. The molecule has 0 N–H and O–H groups in total. The molecule has 1 amide bonds. The third-order valence-electron chi connectivity index (χ3n) is 2.65. The van der Waals surface area contributed by atoms with Crippen LogP contribution in [0.15, 0.2) is 60.7 Å². The van der Waals surface area contributed by atoms with Crippen LogP contribution < -0.4 is 4.90 Å². The highest BCUT2D eigenvalue weighted by atomic mass is 16.2. The van der Waals surface area contributed by atoms with Gasteiger partial charge in [-0.3, -0.25) is 4.79 Å². The molecule has 0 atom stereocenters. The summed E-state index contributed by atoms with van der Waals surface area (Å²) in [5.74, 6) is 0.0410. The molecular formula is C15H15NO. The zero-order valence-corrected chi connectivity index (χ0v) is 9.84. The van der Waals surface area contributed by atoms with Gasteiger partial charge in [-0.05, 0) is 31.2 Å². The summed E-state index contributed by atoms with van der Waals surface area (Å²) in [5, 5.41) is 0. The minimum Gasteiger partial charge on any atom is -0.309 e. The second-order valence-electron chi connectivity index (χ2n) is 3.75. The average molecular weight is 225 g/mol. The first-order valence-electron chi connectivity index (χ1n) is 5.75. The Morgan fingerprint density at radius 2 is 1.47 bits per heavy atom. The molecule has 2 aromatic rings. The predicted molar refractivity (Wildman–Crippen MR) is 70.2 cm³/mol. The molecule has 2 heteroatoms. The van der Waals surface area contributed by atoms with E-state index < -0.39 is 0 Å². The molecule has 2 aromatic carbocycles. The largest absolute Gasteiger partial charge is 0.309 e. The van der Waals surface area contributed by atoms with E-state index in [2.05, 4.69) is 0 Å². The van der Waals surface area contributed by atoms with Gasteiger partial charge >= 0.3 is 0 Å². The molecule has 0 saturated carbocycles. The Morgan fingerprint density at radius 1 is 0.941 bits per heavy atom. The van der Waals surface area contributed by atoms with Gasteiger partial charge in [0.2, 0.25) is 0 Å². The Balaban J connectivity index is 2.29. The molecule has 86 valence electrons. The van der Waals surface area contributed by atoms with Gasteiger partial charge in [0, 0.05) is 17.8 Å². The zero-order valence-electron chi connectivity index (χ0n) is 9.84. The number of rotatable bonds is 3. The fraction of sp³-hybridized carbons (Fsp3) is 0.133. The van der Waals surface area contributed by atoms with Crippen molar-refractivity contribution in [2.75, 3.05) is 11.4 Å². The van der Waals surface area contributed by atoms with Gasteiger partial charge in [0.1, 0.15) is 0 Å². The van der Waals surface area contributed by atoms with Crippen LogP contribution in [0, 0.1) is 0 Å². The molecule has 0 saturated heterocycles. The monoisotopic (exact) mass is 225 g/mol. The zero-order chi connectivity index (χ0) is 12.1. The van der Waals surface area contributed by atoms with Crippen LogP contribution in [0.2, 0.25) is 0 Å². The molecule has 0 fully saturated rings. The summed E-state index contributed by atoms with van der Waals surface area (Å²) in [4.78, 5) is 14.1. The van der Waals surface area contributed by atoms with E-state index in [1.165, 1.54) is 0 Å². The summed E-state index contributed by atoms with van der Waals surface area (Å²) < 4.78 is 0. The van der Waals surface area contributed by atoms with Gasteiger partial charge in [-0.25, -0.2) is 0 Å². The number of carbonyl (C=O) groups excluding carboxylic acids is 1. The molecule has 0 radical (unpaired) electrons. The molecule has 2 nitrogen and oxygen atoms in total. The van der Waals surface area contributed by atoms with Crippen molar-refractivity contribution >= 4 is 11.6 Å². The predicted octanol–water partition coefficient (Wildman–Crippen LogP) is 3.35. The van der Waals surface area contributed by atoms with E-state index in [0.29, 0.717) is 6.54 Å². The fourth-order valence-electron chi connectivity index (χ4n) is 1.79. The van der Waals surface area contributed by atoms with Crippen LogP contribution in [0.5, 0.6) is 0 Å². The third kappa shape index (κ3) is 2.53. The summed E-state index contributed by atoms with van der Waals surface area (Å²) in [6.45, 7) is 2.64. The molecule has 17 heavy (non-hydrogen) atoms. The first-order chi connectivity index (χ1) is 8.33. The molecule has 0 aliphatic carbocycles. The Morgan fingerprint density at radius 3 is 2.00 bits per heavy atom. The number of hydrogen-bond acceptors (Lipinski definition) is 1. The number of para-hydroxylation sites is 1. The van der Waals surface area contributed by atoms with Crippen LogP contribution >= 0.6 is 0 Å². The Kier molecular flexibility index (Phi) is 3.55. The summed E-state index contributed by atoms with van der Waals surface area (Å²) in [5.41, 5.74) is 1.65. The highest BCUT2D eigenvalue weighted by Gasteiger charge is 2.14. The fourth-order valence-corrected chi connectivity index (χ4v) is 1.79. The second kappa shape index (κ2) is 5.30. The van der Waals surface area contributed by atoms with Crippen molar-refractivity contribution in [3.05, 3.63) is 66.2 Å². The molecule has 0 bridgehead atoms. The molecule has 0 heterocycles. The van der Waals surface area contributed by atoms with Gasteiger partial charge in [-0.15, -0.1) is 0 Å². The van der Waals surface area contributed by atoms with Crippen molar-refractivity contribution < 1.29 is 4.79 Å². The number of hydrogen-bond donors (Lipinski definition) is 0. The topological polar surface area (TPSA) is 20.3 Å². The van der Waals surface area contributed by atoms with E-state index in [-0.39, 0.29) is 5.91 Å². The lowest BCUT2D eigenvalue weighted by Gasteiger charge is -2.20. The first-order valence-corrected chi connectivity index (χ1v) is 5.75. The second-order valence-corrected chi connectivity index (χ2v) is 3.75. The normalized spacial score (nSPS) is 9.94. The van der Waals surface area contributed by atoms with Crippen LogP contribution in [0.4, 0.5) is 5.69 Å². The van der Waals surface area contributed by atoms with E-state index in [1.807, 2.05) is 67.6 Å². The quantitative estimate of drug-likeness (QED) is 0.784. The maximum absolute atomic E-state index is 12.3. The van der Waals surface area contributed by atoms with E-state index in [9.17, 15) is 4.79 Å². The number of anilines is 1. The molecule has 0 aromatic heterocycles. The van der Waals surface area contributed by atoms with E-state index in [1.54, 1.807) is 4.90 Å². The summed E-state index contributed by atoms with van der Waals surface area (Å²) in [7, 11) is 0. The van der Waals surface area contributed by atoms with Gasteiger partial charge in [-0.2, -0.15) is 0 Å². The van der Waals surface area contributed by atoms with Crippen molar-refractivity contribution in [2.45, 2.75) is 6.92 Å². The molecule has 0 unspecified atom stereocenters. The molecule has 0 aliphatic rings. The van der Waals surface area contributed by atoms with Crippen LogP contribution in [0.25, 0.3) is 0 Å². The van der Waals surface area contributed by atoms with Crippen molar-refractivity contribution in [1.29, 1.82) is 0 Å². The Labute approximate surface area is 102 Å². The lowest BCUT2D eigenvalue weighted by atomic mass is 10.2. The van der Waals surface area contributed by atoms with Crippen molar-refractivity contribution in [2.24, 2.45) is 0 Å². The number of nitrogens with zero attached hydrogens (tertiary/aromatic N) is 1. The maximum atomic E-state index is 12.3. The van der Waals surface area contributed by atoms with Crippen LogP contribution in [-0.4, -0.2) is 12.5 Å². The van der Waals surface area contributed by atoms with Gasteiger partial charge in [0.05, 0.1) is 0 Å². The third-order valence-corrected chi connectivity index (χ3v) is 2.65. The average Bonchev–Trinajstić information content (AvgIpc) is 2.42. The molecule has 0 aliphatic heterocycles. The van der Waals surface area contributed by atoms with E-state index in [4.69, 9.17) is 0 Å². The highest BCUT2D eigenvalue weighted by molar-refractivity contribution is 6.05. The first kappa shape index (κ1) is 11.4. The number of benzene rings is 2. The standard InChI is InChI=1S/C15H15NO/c1-2-16(14-11-7-4-8-12-14)15(17)13-9-5-3-6-10-13/h3-12H,2H2,1H3. The Bertz CT molecular complexity index is 479. The lowest BCUT2D eigenvalue weighted by molar-refractivity contribution is 0.0988. The molecule has 2 rings (SSSR count). The number of carbonyl (C=O) groups is 1. The highest BCUT2D eigenvalue weighted by Crippen LogP contribution is 2.16. The maximum Gasteiger partial charge on any atom is 0.258 e. The Hall–Kier alpha value is -2.09. The summed E-state index contributed by atoms with van der Waals surface area (Å²) >= 11 is 0. The van der Waals surface area contributed by atoms with Crippen molar-refractivity contribution in [3.63, 3.8) is 0 Å². The minimum atomic E-state index is 0.0410. The SMILES string of the molecule is CCN(C(=O)c1ccccc1)c1ccccc1. The summed E-state index contributed by atoms with van der Waals surface area (Å²) in [6.07, 6.45) is 0. The van der Waals surface area contributed by atoms with Crippen LogP contribution in [0.1, 0.15) is 17.3 Å². The smallest absolute Gasteiger partial charge is 0.258 e. The molecule has 0 spiro atoms. The van der Waals surface area contributed by atoms with Crippen LogP contribution in [0.3, 0.4) is 0 Å². The van der Waals surface area contributed by atoms with Crippen molar-refractivity contribution in [3.8, 4) is 0 Å². The van der Waals surface area contributed by atoms with Crippen LogP contribution in [-0.2, 0) is 0 Å². The van der Waals surface area contributed by atoms with Crippen molar-refractivity contribution in [1.82, 2.24) is 0 Å².